The molecule has 7 heteroatoms. The summed E-state index contributed by atoms with van der Waals surface area (Å²) in [5.74, 6) is -0.263. The minimum atomic E-state index is -3.51. The van der Waals surface area contributed by atoms with Gasteiger partial charge in [0.25, 0.3) is 5.91 Å². The van der Waals surface area contributed by atoms with E-state index < -0.39 is 10.0 Å². The Bertz CT molecular complexity index is 961. The number of sulfonamides is 1. The fourth-order valence-electron chi connectivity index (χ4n) is 3.65. The number of rotatable bonds is 5. The number of carbonyl (C=O) groups excluding carboxylic acids is 1. The van der Waals surface area contributed by atoms with Crippen molar-refractivity contribution in [2.75, 3.05) is 37.4 Å². The molecule has 1 N–H and O–H groups in total. The number of carbonyl (C=O) groups is 1. The van der Waals surface area contributed by atoms with Crippen LogP contribution in [0.25, 0.3) is 0 Å². The highest BCUT2D eigenvalue weighted by Gasteiger charge is 2.25. The smallest absolute Gasteiger partial charge is 0.255 e. The lowest BCUT2D eigenvalue weighted by molar-refractivity contribution is 0.102. The summed E-state index contributed by atoms with van der Waals surface area (Å²) in [5.41, 5.74) is 3.28. The zero-order valence-corrected chi connectivity index (χ0v) is 18.1. The third-order valence-corrected chi connectivity index (χ3v) is 7.17. The van der Waals surface area contributed by atoms with Crippen molar-refractivity contribution < 1.29 is 13.2 Å². The normalized spacial score (nSPS) is 15.6. The number of nitrogens with one attached hydrogen (secondary N) is 1. The van der Waals surface area contributed by atoms with Crippen molar-refractivity contribution in [1.82, 2.24) is 4.31 Å². The van der Waals surface area contributed by atoms with Crippen LogP contribution in [0.2, 0.25) is 0 Å². The van der Waals surface area contributed by atoms with E-state index in [2.05, 4.69) is 5.32 Å². The molecule has 1 aliphatic rings. The van der Waals surface area contributed by atoms with Crippen LogP contribution in [0.15, 0.2) is 47.4 Å². The molecule has 0 aromatic heterocycles. The number of hydrogen-bond donors (Lipinski definition) is 1. The van der Waals surface area contributed by atoms with Gasteiger partial charge in [-0.25, -0.2) is 8.42 Å². The van der Waals surface area contributed by atoms with E-state index in [1.165, 1.54) is 12.1 Å². The number of anilines is 2. The number of amides is 1. The molecule has 1 aliphatic heterocycles. The zero-order chi connectivity index (χ0) is 21.0. The minimum Gasteiger partial charge on any atom is -0.377 e. The molecular weight excluding hydrogens is 386 g/mol. The molecule has 0 atom stereocenters. The Labute approximate surface area is 173 Å². The average Bonchev–Trinajstić information content (AvgIpc) is 2.98. The molecule has 0 saturated carbocycles. The summed E-state index contributed by atoms with van der Waals surface area (Å²) in [6.45, 7) is 3.12. The molecule has 1 fully saturated rings. The van der Waals surface area contributed by atoms with Crippen LogP contribution in [0.3, 0.4) is 0 Å². The van der Waals surface area contributed by atoms with Crippen molar-refractivity contribution in [1.29, 1.82) is 0 Å². The van der Waals surface area contributed by atoms with Crippen molar-refractivity contribution in [3.05, 3.63) is 53.6 Å². The molecule has 0 spiro atoms. The first-order chi connectivity index (χ1) is 13.8. The maximum absolute atomic E-state index is 12.9. The van der Waals surface area contributed by atoms with E-state index in [0.717, 1.165) is 36.9 Å². The van der Waals surface area contributed by atoms with Gasteiger partial charge in [0.1, 0.15) is 0 Å². The number of benzene rings is 2. The summed E-state index contributed by atoms with van der Waals surface area (Å²) in [4.78, 5) is 14.8. The van der Waals surface area contributed by atoms with Crippen molar-refractivity contribution in [3.8, 4) is 0 Å². The summed E-state index contributed by atoms with van der Waals surface area (Å²) in [5, 5.41) is 2.88. The van der Waals surface area contributed by atoms with Gasteiger partial charge in [-0.05, 0) is 67.8 Å². The highest BCUT2D eigenvalue weighted by molar-refractivity contribution is 7.89. The topological polar surface area (TPSA) is 69.7 Å². The molecular formula is C22H29N3O3S. The monoisotopic (exact) mass is 415 g/mol. The predicted molar refractivity (Wildman–Crippen MR) is 117 cm³/mol. The van der Waals surface area contributed by atoms with Gasteiger partial charge in [-0.1, -0.05) is 12.8 Å². The van der Waals surface area contributed by atoms with Gasteiger partial charge < -0.3 is 10.2 Å². The van der Waals surface area contributed by atoms with Gasteiger partial charge >= 0.3 is 0 Å². The summed E-state index contributed by atoms with van der Waals surface area (Å²) in [6.07, 6.45) is 3.93. The van der Waals surface area contributed by atoms with Crippen LogP contribution in [0.5, 0.6) is 0 Å². The maximum atomic E-state index is 12.9. The van der Waals surface area contributed by atoms with E-state index in [9.17, 15) is 13.2 Å². The van der Waals surface area contributed by atoms with Crippen molar-refractivity contribution >= 4 is 27.3 Å². The highest BCUT2D eigenvalue weighted by atomic mass is 32.2. The second-order valence-electron chi connectivity index (χ2n) is 7.69. The largest absolute Gasteiger partial charge is 0.377 e. The van der Waals surface area contributed by atoms with Crippen LogP contribution in [0.1, 0.15) is 41.6 Å². The molecule has 0 unspecified atom stereocenters. The SMILES string of the molecule is Cc1cc(NC(=O)c2ccc(S(=O)(=O)N3CCCCCC3)cc2)ccc1N(C)C. The van der Waals surface area contributed by atoms with E-state index in [4.69, 9.17) is 0 Å². The van der Waals surface area contributed by atoms with Crippen molar-refractivity contribution in [3.63, 3.8) is 0 Å². The fourth-order valence-corrected chi connectivity index (χ4v) is 5.16. The molecule has 1 heterocycles. The Hall–Kier alpha value is -2.38. The van der Waals surface area contributed by atoms with E-state index in [0.29, 0.717) is 24.3 Å². The Morgan fingerprint density at radius 1 is 0.966 bits per heavy atom. The molecule has 3 rings (SSSR count). The van der Waals surface area contributed by atoms with Crippen molar-refractivity contribution in [2.45, 2.75) is 37.5 Å². The summed E-state index contributed by atoms with van der Waals surface area (Å²) < 4.78 is 27.3. The predicted octanol–water partition coefficient (Wildman–Crippen LogP) is 3.88. The molecule has 0 radical (unpaired) electrons. The first-order valence-electron chi connectivity index (χ1n) is 9.98. The van der Waals surface area contributed by atoms with Gasteiger partial charge in [0.2, 0.25) is 10.0 Å². The summed E-state index contributed by atoms with van der Waals surface area (Å²) >= 11 is 0. The molecule has 0 aliphatic carbocycles. The van der Waals surface area contributed by atoms with Crippen LogP contribution in [-0.2, 0) is 10.0 Å². The molecule has 2 aromatic rings. The number of nitrogens with zero attached hydrogens (tertiary/aromatic N) is 2. The third-order valence-electron chi connectivity index (χ3n) is 5.26. The fraction of sp³-hybridized carbons (Fsp3) is 0.409. The van der Waals surface area contributed by atoms with E-state index in [1.54, 1.807) is 16.4 Å². The van der Waals surface area contributed by atoms with Gasteiger partial charge in [-0.15, -0.1) is 0 Å². The van der Waals surface area contributed by atoms with E-state index in [1.807, 2.05) is 44.1 Å². The first kappa shape index (κ1) is 21.3. The maximum Gasteiger partial charge on any atom is 0.255 e. The van der Waals surface area contributed by atoms with Crippen LogP contribution < -0.4 is 10.2 Å². The van der Waals surface area contributed by atoms with Crippen LogP contribution in [0, 0.1) is 6.92 Å². The molecule has 0 bridgehead atoms. The Morgan fingerprint density at radius 2 is 1.59 bits per heavy atom. The van der Waals surface area contributed by atoms with Gasteiger partial charge in [-0.2, -0.15) is 4.31 Å². The molecule has 29 heavy (non-hydrogen) atoms. The molecule has 156 valence electrons. The van der Waals surface area contributed by atoms with Gasteiger partial charge in [0.15, 0.2) is 0 Å². The van der Waals surface area contributed by atoms with Crippen molar-refractivity contribution in [2.24, 2.45) is 0 Å². The van der Waals surface area contributed by atoms with Gasteiger partial charge in [0, 0.05) is 44.1 Å². The quantitative estimate of drug-likeness (QED) is 0.805. The van der Waals surface area contributed by atoms with Crippen LogP contribution >= 0.6 is 0 Å². The Balaban J connectivity index is 1.72. The van der Waals surface area contributed by atoms with Gasteiger partial charge in [-0.3, -0.25) is 4.79 Å². The third kappa shape index (κ3) is 4.97. The standard InChI is InChI=1S/C22H29N3O3S/c1-17-16-19(10-13-21(17)24(2)3)23-22(26)18-8-11-20(12-9-18)29(27,28)25-14-6-4-5-7-15-25/h8-13,16H,4-7,14-15H2,1-3H3,(H,23,26). The molecule has 1 amide bonds. The van der Waals surface area contributed by atoms with Crippen LogP contribution in [0.4, 0.5) is 11.4 Å². The summed E-state index contributed by atoms with van der Waals surface area (Å²) in [7, 11) is 0.440. The second-order valence-corrected chi connectivity index (χ2v) is 9.63. The highest BCUT2D eigenvalue weighted by Crippen LogP contribution is 2.23. The number of aryl methyl sites for hydroxylation is 1. The van der Waals surface area contributed by atoms with Gasteiger partial charge in [0.05, 0.1) is 4.90 Å². The Kier molecular flexibility index (Phi) is 6.59. The molecule has 6 nitrogen and oxygen atoms in total. The summed E-state index contributed by atoms with van der Waals surface area (Å²) in [6, 6.07) is 11.9. The van der Waals surface area contributed by atoms with E-state index >= 15 is 0 Å². The molecule has 1 saturated heterocycles. The lowest BCUT2D eigenvalue weighted by Gasteiger charge is -2.20. The lowest BCUT2D eigenvalue weighted by atomic mass is 10.1. The Morgan fingerprint density at radius 3 is 2.14 bits per heavy atom. The minimum absolute atomic E-state index is 0.238. The number of hydrogen-bond acceptors (Lipinski definition) is 4. The first-order valence-corrected chi connectivity index (χ1v) is 11.4. The van der Waals surface area contributed by atoms with Crippen LogP contribution in [-0.4, -0.2) is 45.8 Å². The molecule has 2 aromatic carbocycles. The lowest BCUT2D eigenvalue weighted by Crippen LogP contribution is -2.31. The second kappa shape index (κ2) is 8.97. The van der Waals surface area contributed by atoms with E-state index in [-0.39, 0.29) is 10.8 Å². The average molecular weight is 416 g/mol. The zero-order valence-electron chi connectivity index (χ0n) is 17.3.